The summed E-state index contributed by atoms with van der Waals surface area (Å²) in [5.41, 5.74) is 0.780. The molecule has 4 amide bonds. The van der Waals surface area contributed by atoms with Crippen molar-refractivity contribution in [2.45, 2.75) is 31.7 Å². The lowest BCUT2D eigenvalue weighted by atomic mass is 9.93. The minimum atomic E-state index is -0.108. The van der Waals surface area contributed by atoms with Crippen LogP contribution in [0.3, 0.4) is 0 Å². The van der Waals surface area contributed by atoms with E-state index in [1.54, 1.807) is 4.90 Å². The molecule has 3 saturated heterocycles. The van der Waals surface area contributed by atoms with Gasteiger partial charge in [0.05, 0.1) is 6.61 Å². The molecule has 1 aromatic rings. The molecule has 30 heavy (non-hydrogen) atoms. The van der Waals surface area contributed by atoms with Crippen molar-refractivity contribution in [2.24, 2.45) is 5.92 Å². The molecule has 8 heteroatoms. The minimum Gasteiger partial charge on any atom is -0.370 e. The Bertz CT molecular complexity index is 756. The summed E-state index contributed by atoms with van der Waals surface area (Å²) in [4.78, 5) is 43.1. The summed E-state index contributed by atoms with van der Waals surface area (Å²) < 4.78 is 5.21. The third kappa shape index (κ3) is 4.75. The maximum absolute atomic E-state index is 13.0. The van der Waals surface area contributed by atoms with Crippen molar-refractivity contribution < 1.29 is 19.1 Å². The van der Waals surface area contributed by atoms with E-state index in [2.05, 4.69) is 5.32 Å². The van der Waals surface area contributed by atoms with Crippen LogP contribution in [0.1, 0.15) is 25.7 Å². The molecule has 0 radical (unpaired) electrons. The number of piperidine rings is 2. The Morgan fingerprint density at radius 3 is 2.23 bits per heavy atom. The van der Waals surface area contributed by atoms with Gasteiger partial charge in [0.2, 0.25) is 11.8 Å². The molecule has 3 heterocycles. The number of urea groups is 1. The average Bonchev–Trinajstić information content (AvgIpc) is 2.80. The lowest BCUT2D eigenvalue weighted by Crippen LogP contribution is -2.53. The van der Waals surface area contributed by atoms with Crippen LogP contribution in [0, 0.1) is 5.92 Å². The lowest BCUT2D eigenvalue weighted by Gasteiger charge is -2.41. The number of nitrogens with zero attached hydrogens (tertiary/aromatic N) is 3. The van der Waals surface area contributed by atoms with E-state index in [0.29, 0.717) is 52.2 Å². The number of amides is 4. The van der Waals surface area contributed by atoms with E-state index in [-0.39, 0.29) is 36.4 Å². The molecule has 8 nitrogen and oxygen atoms in total. The second-order valence-electron chi connectivity index (χ2n) is 8.25. The highest BCUT2D eigenvalue weighted by molar-refractivity contribution is 5.89. The number of benzene rings is 1. The molecule has 0 atom stereocenters. The first kappa shape index (κ1) is 20.7. The summed E-state index contributed by atoms with van der Waals surface area (Å²) >= 11 is 0. The van der Waals surface area contributed by atoms with E-state index in [0.717, 1.165) is 18.5 Å². The van der Waals surface area contributed by atoms with Gasteiger partial charge in [-0.25, -0.2) is 4.79 Å². The van der Waals surface area contributed by atoms with Crippen LogP contribution in [0.15, 0.2) is 30.3 Å². The van der Waals surface area contributed by atoms with Crippen molar-refractivity contribution in [3.05, 3.63) is 30.3 Å². The quantitative estimate of drug-likeness (QED) is 0.817. The molecule has 3 aliphatic rings. The van der Waals surface area contributed by atoms with Crippen molar-refractivity contribution in [2.75, 3.05) is 51.3 Å². The highest BCUT2D eigenvalue weighted by Gasteiger charge is 2.34. The van der Waals surface area contributed by atoms with Gasteiger partial charge in [-0.05, 0) is 37.8 Å². The lowest BCUT2D eigenvalue weighted by molar-refractivity contribution is -0.148. The highest BCUT2D eigenvalue weighted by atomic mass is 16.5. The van der Waals surface area contributed by atoms with Gasteiger partial charge in [-0.3, -0.25) is 9.59 Å². The van der Waals surface area contributed by atoms with Gasteiger partial charge in [0, 0.05) is 50.4 Å². The number of hydrogen-bond donors (Lipinski definition) is 1. The SMILES string of the molecule is O=C(Nc1ccccc1)N1CCC(C(=O)N2CCC(N3CCOCC3=O)CC2)CC1. The summed E-state index contributed by atoms with van der Waals surface area (Å²) in [5, 5.41) is 2.91. The second-order valence-corrected chi connectivity index (χ2v) is 8.25. The van der Waals surface area contributed by atoms with Gasteiger partial charge in [-0.15, -0.1) is 0 Å². The number of ether oxygens (including phenoxy) is 1. The maximum Gasteiger partial charge on any atom is 0.321 e. The molecule has 0 bridgehead atoms. The van der Waals surface area contributed by atoms with Crippen LogP contribution in [-0.4, -0.2) is 84.5 Å². The number of likely N-dealkylation sites (tertiary alicyclic amines) is 2. The van der Waals surface area contributed by atoms with Crippen LogP contribution in [0.4, 0.5) is 10.5 Å². The van der Waals surface area contributed by atoms with Gasteiger partial charge in [0.15, 0.2) is 0 Å². The van der Waals surface area contributed by atoms with Crippen LogP contribution in [0.25, 0.3) is 0 Å². The number of carbonyl (C=O) groups excluding carboxylic acids is 3. The van der Waals surface area contributed by atoms with Crippen LogP contribution in [0.2, 0.25) is 0 Å². The molecule has 3 fully saturated rings. The Labute approximate surface area is 177 Å². The molecule has 0 unspecified atom stereocenters. The predicted molar refractivity (Wildman–Crippen MR) is 112 cm³/mol. The Hall–Kier alpha value is -2.61. The number of nitrogens with one attached hydrogen (secondary N) is 1. The van der Waals surface area contributed by atoms with E-state index in [1.165, 1.54) is 0 Å². The number of rotatable bonds is 3. The zero-order valence-corrected chi connectivity index (χ0v) is 17.3. The smallest absolute Gasteiger partial charge is 0.321 e. The van der Waals surface area contributed by atoms with Crippen LogP contribution >= 0.6 is 0 Å². The molecule has 4 rings (SSSR count). The van der Waals surface area contributed by atoms with Crippen molar-refractivity contribution in [3.8, 4) is 0 Å². The van der Waals surface area contributed by atoms with Crippen molar-refractivity contribution >= 4 is 23.5 Å². The second kappa shape index (κ2) is 9.47. The molecule has 3 aliphatic heterocycles. The summed E-state index contributed by atoms with van der Waals surface area (Å²) in [6, 6.07) is 9.52. The third-order valence-corrected chi connectivity index (χ3v) is 6.40. The van der Waals surface area contributed by atoms with Crippen molar-refractivity contribution in [1.29, 1.82) is 0 Å². The fourth-order valence-corrected chi connectivity index (χ4v) is 4.63. The fraction of sp³-hybridized carbons (Fsp3) is 0.591. The predicted octanol–water partition coefficient (Wildman–Crippen LogP) is 1.78. The average molecular weight is 415 g/mol. The van der Waals surface area contributed by atoms with Crippen LogP contribution < -0.4 is 5.32 Å². The number of morpholine rings is 1. The summed E-state index contributed by atoms with van der Waals surface area (Å²) in [6.07, 6.45) is 3.05. The fourth-order valence-electron chi connectivity index (χ4n) is 4.63. The van der Waals surface area contributed by atoms with Crippen LogP contribution in [0.5, 0.6) is 0 Å². The highest BCUT2D eigenvalue weighted by Crippen LogP contribution is 2.24. The van der Waals surface area contributed by atoms with E-state index in [4.69, 9.17) is 4.74 Å². The Balaban J connectivity index is 1.22. The van der Waals surface area contributed by atoms with Gasteiger partial charge < -0.3 is 24.8 Å². The first-order valence-electron chi connectivity index (χ1n) is 10.9. The number of hydrogen-bond acceptors (Lipinski definition) is 4. The first-order valence-corrected chi connectivity index (χ1v) is 10.9. The maximum atomic E-state index is 13.0. The van der Waals surface area contributed by atoms with Gasteiger partial charge in [-0.2, -0.15) is 0 Å². The zero-order chi connectivity index (χ0) is 20.9. The third-order valence-electron chi connectivity index (χ3n) is 6.40. The molecule has 1 aromatic carbocycles. The molecule has 0 aromatic heterocycles. The largest absolute Gasteiger partial charge is 0.370 e. The Morgan fingerprint density at radius 2 is 1.57 bits per heavy atom. The molecule has 1 N–H and O–H groups in total. The van der Waals surface area contributed by atoms with Gasteiger partial charge in [0.25, 0.3) is 0 Å². The molecule has 0 aliphatic carbocycles. The normalized spacial score (nSPS) is 21.6. The first-order chi connectivity index (χ1) is 14.6. The van der Waals surface area contributed by atoms with Gasteiger partial charge in [0.1, 0.15) is 6.61 Å². The van der Waals surface area contributed by atoms with Gasteiger partial charge >= 0.3 is 6.03 Å². The number of para-hydroxylation sites is 1. The van der Waals surface area contributed by atoms with E-state index < -0.39 is 0 Å². The van der Waals surface area contributed by atoms with Crippen LogP contribution in [-0.2, 0) is 14.3 Å². The molecule has 162 valence electrons. The Kier molecular flexibility index (Phi) is 6.52. The zero-order valence-electron chi connectivity index (χ0n) is 17.3. The summed E-state index contributed by atoms with van der Waals surface area (Å²) in [6.45, 7) is 4.01. The van der Waals surface area contributed by atoms with Crippen molar-refractivity contribution in [3.63, 3.8) is 0 Å². The van der Waals surface area contributed by atoms with Crippen molar-refractivity contribution in [1.82, 2.24) is 14.7 Å². The van der Waals surface area contributed by atoms with E-state index in [1.807, 2.05) is 40.1 Å². The molecule has 0 saturated carbocycles. The summed E-state index contributed by atoms with van der Waals surface area (Å²) in [5.74, 6) is 0.240. The Morgan fingerprint density at radius 1 is 0.900 bits per heavy atom. The standard InChI is InChI=1S/C22H30N4O4/c27-20-16-30-15-14-26(20)19-8-12-24(13-9-19)21(28)17-6-10-25(11-7-17)22(29)23-18-4-2-1-3-5-18/h1-5,17,19H,6-16H2,(H,23,29). The monoisotopic (exact) mass is 414 g/mol. The van der Waals surface area contributed by atoms with Gasteiger partial charge in [-0.1, -0.05) is 18.2 Å². The number of carbonyl (C=O) groups is 3. The summed E-state index contributed by atoms with van der Waals surface area (Å²) in [7, 11) is 0. The molecular weight excluding hydrogens is 384 g/mol. The van der Waals surface area contributed by atoms with E-state index >= 15 is 0 Å². The molecular formula is C22H30N4O4. The minimum absolute atomic E-state index is 0.0210. The molecule has 0 spiro atoms. The van der Waals surface area contributed by atoms with E-state index in [9.17, 15) is 14.4 Å². The number of anilines is 1. The topological polar surface area (TPSA) is 82.2 Å².